The van der Waals surface area contributed by atoms with E-state index in [9.17, 15) is 5.11 Å². The monoisotopic (exact) mass is 288 g/mol. The van der Waals surface area contributed by atoms with Crippen LogP contribution in [0.5, 0.6) is 0 Å². The van der Waals surface area contributed by atoms with Crippen molar-refractivity contribution in [2.24, 2.45) is 0 Å². The molecule has 0 bridgehead atoms. The summed E-state index contributed by atoms with van der Waals surface area (Å²) >= 11 is 3.41. The largest absolute Gasteiger partial charge is 0.394 e. The number of aliphatic hydroxyl groups is 1. The Bertz CT molecular complexity index is 370. The van der Waals surface area contributed by atoms with Crippen molar-refractivity contribution >= 4 is 27.7 Å². The van der Waals surface area contributed by atoms with E-state index in [-0.39, 0.29) is 12.1 Å². The van der Waals surface area contributed by atoms with E-state index in [0.717, 1.165) is 10.3 Å². The lowest BCUT2D eigenvalue weighted by Crippen LogP contribution is -2.45. The lowest BCUT2D eigenvalue weighted by molar-refractivity contribution is 0.215. The number of likely N-dealkylation sites (N-methyl/N-ethyl adjacent to an activating group) is 1. The Kier molecular flexibility index (Phi) is 4.09. The molecule has 0 spiro atoms. The van der Waals surface area contributed by atoms with Gasteiger partial charge in [0, 0.05) is 20.3 Å². The van der Waals surface area contributed by atoms with Crippen LogP contribution in [-0.2, 0) is 0 Å². The molecule has 1 rings (SSSR count). The number of aliphatic hydroxyl groups excluding tert-OH is 1. The first-order chi connectivity index (χ1) is 7.42. The zero-order valence-corrected chi connectivity index (χ0v) is 11.5. The molecule has 90 valence electrons. The van der Waals surface area contributed by atoms with Crippen molar-refractivity contribution in [3.8, 4) is 0 Å². The van der Waals surface area contributed by atoms with E-state index in [4.69, 9.17) is 0 Å². The van der Waals surface area contributed by atoms with E-state index < -0.39 is 0 Å². The molecule has 0 unspecified atom stereocenters. The van der Waals surface area contributed by atoms with Crippen molar-refractivity contribution in [1.82, 2.24) is 9.97 Å². The van der Waals surface area contributed by atoms with Gasteiger partial charge in [0.05, 0.1) is 16.6 Å². The summed E-state index contributed by atoms with van der Waals surface area (Å²) in [6.07, 6.45) is 1.69. The Morgan fingerprint density at radius 1 is 1.56 bits per heavy atom. The van der Waals surface area contributed by atoms with Gasteiger partial charge in [-0.15, -0.1) is 0 Å². The summed E-state index contributed by atoms with van der Waals surface area (Å²) in [5.41, 5.74) is -0.373. The van der Waals surface area contributed by atoms with E-state index >= 15 is 0 Å². The van der Waals surface area contributed by atoms with Crippen LogP contribution < -0.4 is 10.2 Å². The molecule has 0 saturated carbocycles. The standard InChI is InChI=1S/C10H17BrN4O/c1-10(2,6-16)15(4)8-7(11)5-13-9(12-3)14-8/h5,16H,6H2,1-4H3,(H,12,13,14). The number of aromatic nitrogens is 2. The van der Waals surface area contributed by atoms with Crippen LogP contribution >= 0.6 is 15.9 Å². The number of hydrogen-bond donors (Lipinski definition) is 2. The van der Waals surface area contributed by atoms with Crippen molar-refractivity contribution in [2.45, 2.75) is 19.4 Å². The first kappa shape index (κ1) is 13.2. The topological polar surface area (TPSA) is 61.3 Å². The molecule has 0 aliphatic heterocycles. The van der Waals surface area contributed by atoms with Crippen LogP contribution in [0, 0.1) is 0 Å². The van der Waals surface area contributed by atoms with Crippen LogP contribution in [0.3, 0.4) is 0 Å². The minimum Gasteiger partial charge on any atom is -0.394 e. The Labute approximate surface area is 104 Å². The lowest BCUT2D eigenvalue weighted by atomic mass is 10.1. The average Bonchev–Trinajstić information content (AvgIpc) is 2.29. The Hall–Kier alpha value is -0.880. The highest BCUT2D eigenvalue weighted by atomic mass is 79.9. The number of anilines is 2. The summed E-state index contributed by atoms with van der Waals surface area (Å²) in [6.45, 7) is 3.94. The second-order valence-electron chi connectivity index (χ2n) is 4.14. The van der Waals surface area contributed by atoms with Crippen LogP contribution in [-0.4, -0.2) is 41.3 Å². The normalized spacial score (nSPS) is 11.4. The maximum atomic E-state index is 9.33. The molecule has 1 heterocycles. The molecule has 16 heavy (non-hydrogen) atoms. The maximum Gasteiger partial charge on any atom is 0.224 e. The van der Waals surface area contributed by atoms with Gasteiger partial charge in [0.1, 0.15) is 5.82 Å². The molecule has 1 aromatic heterocycles. The van der Waals surface area contributed by atoms with Crippen molar-refractivity contribution < 1.29 is 5.11 Å². The molecule has 0 aliphatic carbocycles. The second-order valence-corrected chi connectivity index (χ2v) is 5.00. The van der Waals surface area contributed by atoms with Crippen molar-refractivity contribution in [3.05, 3.63) is 10.7 Å². The zero-order valence-electron chi connectivity index (χ0n) is 9.95. The first-order valence-electron chi connectivity index (χ1n) is 4.97. The summed E-state index contributed by atoms with van der Waals surface area (Å²) in [5.74, 6) is 1.30. The Morgan fingerprint density at radius 3 is 2.69 bits per heavy atom. The van der Waals surface area contributed by atoms with Crippen molar-refractivity contribution in [2.75, 3.05) is 30.9 Å². The maximum absolute atomic E-state index is 9.33. The Balaban J connectivity index is 3.11. The highest BCUT2D eigenvalue weighted by Gasteiger charge is 2.25. The van der Waals surface area contributed by atoms with Crippen LogP contribution in [0.2, 0.25) is 0 Å². The fraction of sp³-hybridized carbons (Fsp3) is 0.600. The molecular formula is C10H17BrN4O. The van der Waals surface area contributed by atoms with Gasteiger partial charge < -0.3 is 15.3 Å². The third-order valence-corrected chi connectivity index (χ3v) is 3.12. The van der Waals surface area contributed by atoms with Gasteiger partial charge in [-0.3, -0.25) is 0 Å². The number of halogens is 1. The van der Waals surface area contributed by atoms with E-state index in [1.807, 2.05) is 25.8 Å². The second kappa shape index (κ2) is 4.97. The third kappa shape index (κ3) is 2.62. The minimum atomic E-state index is -0.373. The molecule has 0 aromatic carbocycles. The molecule has 1 aromatic rings. The van der Waals surface area contributed by atoms with E-state index in [1.54, 1.807) is 13.2 Å². The molecule has 0 fully saturated rings. The molecular weight excluding hydrogens is 272 g/mol. The molecule has 0 aliphatic rings. The number of rotatable bonds is 4. The van der Waals surface area contributed by atoms with Gasteiger partial charge in [0.25, 0.3) is 0 Å². The predicted octanol–water partition coefficient (Wildman–Crippen LogP) is 1.49. The van der Waals surface area contributed by atoms with E-state index in [1.165, 1.54) is 0 Å². The quantitative estimate of drug-likeness (QED) is 0.879. The highest BCUT2D eigenvalue weighted by Crippen LogP contribution is 2.28. The molecule has 5 nitrogen and oxygen atoms in total. The minimum absolute atomic E-state index is 0.0504. The highest BCUT2D eigenvalue weighted by molar-refractivity contribution is 9.10. The number of hydrogen-bond acceptors (Lipinski definition) is 5. The molecule has 0 saturated heterocycles. The van der Waals surface area contributed by atoms with Gasteiger partial charge in [0.15, 0.2) is 0 Å². The van der Waals surface area contributed by atoms with Gasteiger partial charge >= 0.3 is 0 Å². The number of nitrogens with one attached hydrogen (secondary N) is 1. The fourth-order valence-corrected chi connectivity index (χ4v) is 1.56. The SMILES string of the molecule is CNc1ncc(Br)c(N(C)C(C)(C)CO)n1. The van der Waals surface area contributed by atoms with Crippen molar-refractivity contribution in [3.63, 3.8) is 0 Å². The summed E-state index contributed by atoms with van der Waals surface area (Å²) < 4.78 is 0.801. The summed E-state index contributed by atoms with van der Waals surface area (Å²) in [4.78, 5) is 10.4. The molecule has 6 heteroatoms. The number of nitrogens with zero attached hydrogens (tertiary/aromatic N) is 3. The van der Waals surface area contributed by atoms with Crippen molar-refractivity contribution in [1.29, 1.82) is 0 Å². The first-order valence-corrected chi connectivity index (χ1v) is 5.76. The average molecular weight is 289 g/mol. The smallest absolute Gasteiger partial charge is 0.224 e. The van der Waals surface area contributed by atoms with Crippen LogP contribution in [0.1, 0.15) is 13.8 Å². The summed E-state index contributed by atoms with van der Waals surface area (Å²) in [7, 11) is 3.66. The zero-order chi connectivity index (χ0) is 12.3. The van der Waals surface area contributed by atoms with E-state index in [0.29, 0.717) is 5.95 Å². The van der Waals surface area contributed by atoms with Gasteiger partial charge in [0.2, 0.25) is 5.95 Å². The van der Waals surface area contributed by atoms with Gasteiger partial charge in [-0.05, 0) is 29.8 Å². The van der Waals surface area contributed by atoms with E-state index in [2.05, 4.69) is 31.2 Å². The van der Waals surface area contributed by atoms with Crippen LogP contribution in [0.15, 0.2) is 10.7 Å². The third-order valence-electron chi connectivity index (χ3n) is 2.56. The van der Waals surface area contributed by atoms with Gasteiger partial charge in [-0.25, -0.2) is 4.98 Å². The molecule has 0 radical (unpaired) electrons. The van der Waals surface area contributed by atoms with Crippen LogP contribution in [0.25, 0.3) is 0 Å². The molecule has 2 N–H and O–H groups in total. The lowest BCUT2D eigenvalue weighted by Gasteiger charge is -2.35. The van der Waals surface area contributed by atoms with Gasteiger partial charge in [-0.1, -0.05) is 0 Å². The predicted molar refractivity (Wildman–Crippen MR) is 68.8 cm³/mol. The summed E-state index contributed by atoms with van der Waals surface area (Å²) in [5, 5.41) is 12.2. The Morgan fingerprint density at radius 2 is 2.19 bits per heavy atom. The molecule has 0 amide bonds. The van der Waals surface area contributed by atoms with Gasteiger partial charge in [-0.2, -0.15) is 4.98 Å². The fourth-order valence-electron chi connectivity index (χ4n) is 1.11. The summed E-state index contributed by atoms with van der Waals surface area (Å²) in [6, 6.07) is 0. The van der Waals surface area contributed by atoms with Crippen LogP contribution in [0.4, 0.5) is 11.8 Å². The molecule has 0 atom stereocenters.